The summed E-state index contributed by atoms with van der Waals surface area (Å²) in [5, 5.41) is 0. The Hall–Kier alpha value is -1.89. The van der Waals surface area contributed by atoms with Crippen LogP contribution in [0.25, 0.3) is 0 Å². The lowest BCUT2D eigenvalue weighted by atomic mass is 9.93. The molecule has 1 nitrogen and oxygen atoms in total. The predicted octanol–water partition coefficient (Wildman–Crippen LogP) is 3.40. The minimum absolute atomic E-state index is 0.255. The summed E-state index contributed by atoms with van der Waals surface area (Å²) in [5.74, 6) is 0.523. The maximum absolute atomic E-state index is 11.8. The quantitative estimate of drug-likeness (QED) is 0.702. The first-order chi connectivity index (χ1) is 7.86. The Balaban J connectivity index is 2.11. The fourth-order valence-electron chi connectivity index (χ4n) is 2.44. The van der Waals surface area contributed by atoms with Crippen LogP contribution in [0.15, 0.2) is 54.6 Å². The van der Waals surface area contributed by atoms with Gasteiger partial charge in [0, 0.05) is 17.9 Å². The first-order valence-corrected chi connectivity index (χ1v) is 5.53. The van der Waals surface area contributed by atoms with Gasteiger partial charge in [-0.2, -0.15) is 0 Å². The van der Waals surface area contributed by atoms with Gasteiger partial charge in [0.15, 0.2) is 5.78 Å². The third kappa shape index (κ3) is 1.36. The molecular weight excluding hydrogens is 196 g/mol. The predicted molar refractivity (Wildman–Crippen MR) is 63.7 cm³/mol. The van der Waals surface area contributed by atoms with E-state index in [9.17, 15) is 4.79 Å². The van der Waals surface area contributed by atoms with Crippen molar-refractivity contribution in [3.63, 3.8) is 0 Å². The van der Waals surface area contributed by atoms with Crippen LogP contribution in [0.4, 0.5) is 0 Å². The molecule has 0 amide bonds. The van der Waals surface area contributed by atoms with Crippen molar-refractivity contribution in [1.29, 1.82) is 0 Å². The summed E-state index contributed by atoms with van der Waals surface area (Å²) < 4.78 is 0. The molecule has 2 aromatic carbocycles. The van der Waals surface area contributed by atoms with E-state index >= 15 is 0 Å². The SMILES string of the molecule is O=C1C[C@H](c2ccccc2)c2ccccc21. The standard InChI is InChI=1S/C15H12O/c16-15-10-14(11-6-2-1-3-7-11)12-8-4-5-9-13(12)15/h1-9,14H,10H2/t14-/m1/s1. The van der Waals surface area contributed by atoms with Crippen molar-refractivity contribution in [2.45, 2.75) is 12.3 Å². The Morgan fingerprint density at radius 1 is 0.875 bits per heavy atom. The minimum atomic E-state index is 0.255. The first-order valence-electron chi connectivity index (χ1n) is 5.53. The number of carbonyl (C=O) groups is 1. The first kappa shape index (κ1) is 9.34. The molecule has 0 fully saturated rings. The number of hydrogen-bond acceptors (Lipinski definition) is 1. The van der Waals surface area contributed by atoms with Gasteiger partial charge in [0.1, 0.15) is 0 Å². The van der Waals surface area contributed by atoms with Gasteiger partial charge in [0.05, 0.1) is 0 Å². The van der Waals surface area contributed by atoms with Crippen molar-refractivity contribution in [2.24, 2.45) is 0 Å². The Kier molecular flexibility index (Phi) is 2.10. The van der Waals surface area contributed by atoms with Crippen molar-refractivity contribution >= 4 is 5.78 Å². The fraction of sp³-hybridized carbons (Fsp3) is 0.133. The second kappa shape index (κ2) is 3.60. The van der Waals surface area contributed by atoms with E-state index in [1.807, 2.05) is 36.4 Å². The second-order valence-electron chi connectivity index (χ2n) is 4.18. The summed E-state index contributed by atoms with van der Waals surface area (Å²) in [5.41, 5.74) is 3.32. The van der Waals surface area contributed by atoms with Crippen molar-refractivity contribution in [2.75, 3.05) is 0 Å². The van der Waals surface area contributed by atoms with Gasteiger partial charge in [0.2, 0.25) is 0 Å². The molecule has 78 valence electrons. The third-order valence-electron chi connectivity index (χ3n) is 3.23. The molecule has 0 N–H and O–H groups in total. The van der Waals surface area contributed by atoms with Gasteiger partial charge < -0.3 is 0 Å². The zero-order valence-electron chi connectivity index (χ0n) is 8.89. The van der Waals surface area contributed by atoms with Crippen LogP contribution in [0.2, 0.25) is 0 Å². The number of fused-ring (bicyclic) bond motifs is 1. The van der Waals surface area contributed by atoms with E-state index in [1.165, 1.54) is 11.1 Å². The highest BCUT2D eigenvalue weighted by molar-refractivity contribution is 6.01. The fourth-order valence-corrected chi connectivity index (χ4v) is 2.44. The van der Waals surface area contributed by atoms with Gasteiger partial charge >= 0.3 is 0 Å². The molecule has 0 radical (unpaired) electrons. The number of Topliss-reactive ketones (excluding diaryl/α,β-unsaturated/α-hetero) is 1. The van der Waals surface area contributed by atoms with Gasteiger partial charge in [-0.25, -0.2) is 0 Å². The summed E-state index contributed by atoms with van der Waals surface area (Å²) in [6, 6.07) is 18.2. The molecule has 0 bridgehead atoms. The molecule has 2 aromatic rings. The van der Waals surface area contributed by atoms with Crippen molar-refractivity contribution in [1.82, 2.24) is 0 Å². The zero-order chi connectivity index (χ0) is 11.0. The third-order valence-corrected chi connectivity index (χ3v) is 3.23. The second-order valence-corrected chi connectivity index (χ2v) is 4.18. The van der Waals surface area contributed by atoms with Crippen LogP contribution in [0.5, 0.6) is 0 Å². The molecule has 0 aliphatic heterocycles. The highest BCUT2D eigenvalue weighted by Gasteiger charge is 2.29. The zero-order valence-corrected chi connectivity index (χ0v) is 8.89. The van der Waals surface area contributed by atoms with E-state index < -0.39 is 0 Å². The molecule has 1 aliphatic carbocycles. The topological polar surface area (TPSA) is 17.1 Å². The number of rotatable bonds is 1. The summed E-state index contributed by atoms with van der Waals surface area (Å²) in [4.78, 5) is 11.8. The molecular formula is C15H12O. The molecule has 1 atom stereocenters. The van der Waals surface area contributed by atoms with Gasteiger partial charge in [-0.15, -0.1) is 0 Å². The van der Waals surface area contributed by atoms with E-state index in [-0.39, 0.29) is 11.7 Å². The summed E-state index contributed by atoms with van der Waals surface area (Å²) in [7, 11) is 0. The Labute approximate surface area is 94.7 Å². The molecule has 16 heavy (non-hydrogen) atoms. The van der Waals surface area contributed by atoms with E-state index in [0.29, 0.717) is 6.42 Å². The lowest BCUT2D eigenvalue weighted by molar-refractivity contribution is 0.0991. The molecule has 0 unspecified atom stereocenters. The highest BCUT2D eigenvalue weighted by atomic mass is 16.1. The van der Waals surface area contributed by atoms with Gasteiger partial charge in [-0.3, -0.25) is 4.79 Å². The van der Waals surface area contributed by atoms with Gasteiger partial charge in [-0.05, 0) is 11.1 Å². The number of benzene rings is 2. The van der Waals surface area contributed by atoms with E-state index in [1.54, 1.807) is 0 Å². The summed E-state index contributed by atoms with van der Waals surface area (Å²) in [6.45, 7) is 0. The van der Waals surface area contributed by atoms with E-state index in [0.717, 1.165) is 5.56 Å². The van der Waals surface area contributed by atoms with Gasteiger partial charge in [0.25, 0.3) is 0 Å². The lowest BCUT2D eigenvalue weighted by Crippen LogP contribution is -1.95. The Morgan fingerprint density at radius 3 is 2.38 bits per heavy atom. The molecule has 3 rings (SSSR count). The van der Waals surface area contributed by atoms with Crippen molar-refractivity contribution < 1.29 is 4.79 Å². The summed E-state index contributed by atoms with van der Waals surface area (Å²) >= 11 is 0. The molecule has 1 aliphatic rings. The minimum Gasteiger partial charge on any atom is -0.294 e. The largest absolute Gasteiger partial charge is 0.294 e. The average Bonchev–Trinajstić information content (AvgIpc) is 2.69. The maximum atomic E-state index is 11.8. The Bertz CT molecular complexity index is 528. The monoisotopic (exact) mass is 208 g/mol. The average molecular weight is 208 g/mol. The molecule has 0 saturated carbocycles. The van der Waals surface area contributed by atoms with Crippen LogP contribution in [0.3, 0.4) is 0 Å². The van der Waals surface area contributed by atoms with Crippen LogP contribution >= 0.6 is 0 Å². The summed E-state index contributed by atoms with van der Waals surface area (Å²) in [6.07, 6.45) is 0.614. The van der Waals surface area contributed by atoms with E-state index in [2.05, 4.69) is 18.2 Å². The molecule has 0 heterocycles. The van der Waals surface area contributed by atoms with Crippen LogP contribution < -0.4 is 0 Å². The van der Waals surface area contributed by atoms with Gasteiger partial charge in [-0.1, -0.05) is 54.6 Å². The maximum Gasteiger partial charge on any atom is 0.164 e. The van der Waals surface area contributed by atoms with E-state index in [4.69, 9.17) is 0 Å². The number of carbonyl (C=O) groups excluding carboxylic acids is 1. The smallest absolute Gasteiger partial charge is 0.164 e. The molecule has 0 spiro atoms. The Morgan fingerprint density at radius 2 is 1.56 bits per heavy atom. The van der Waals surface area contributed by atoms with Crippen LogP contribution in [-0.2, 0) is 0 Å². The molecule has 0 aromatic heterocycles. The van der Waals surface area contributed by atoms with Crippen molar-refractivity contribution in [3.05, 3.63) is 71.3 Å². The molecule has 1 heteroatoms. The van der Waals surface area contributed by atoms with Crippen LogP contribution in [-0.4, -0.2) is 5.78 Å². The number of hydrogen-bond donors (Lipinski definition) is 0. The normalized spacial score (nSPS) is 18.5. The van der Waals surface area contributed by atoms with Crippen molar-refractivity contribution in [3.8, 4) is 0 Å². The van der Waals surface area contributed by atoms with Crippen LogP contribution in [0, 0.1) is 0 Å². The molecule has 0 saturated heterocycles. The number of ketones is 1. The van der Waals surface area contributed by atoms with Crippen LogP contribution in [0.1, 0.15) is 33.8 Å². The highest BCUT2D eigenvalue weighted by Crippen LogP contribution is 2.37. The lowest BCUT2D eigenvalue weighted by Gasteiger charge is -2.10.